The van der Waals surface area contributed by atoms with Gasteiger partial charge in [-0.1, -0.05) is 0 Å². The Morgan fingerprint density at radius 3 is 2.83 bits per heavy atom. The lowest BCUT2D eigenvalue weighted by Gasteiger charge is -2.04. The smallest absolute Gasteiger partial charge is 0.357 e. The van der Waals surface area contributed by atoms with E-state index in [9.17, 15) is 4.79 Å². The fourth-order valence-corrected chi connectivity index (χ4v) is 1.55. The Bertz CT molecular complexity index is 579. The van der Waals surface area contributed by atoms with Gasteiger partial charge >= 0.3 is 12.0 Å². The van der Waals surface area contributed by atoms with Crippen molar-refractivity contribution in [2.24, 2.45) is 7.05 Å². The highest BCUT2D eigenvalue weighted by Gasteiger charge is 2.19. The normalized spacial score (nSPS) is 10.2. The largest absolute Gasteiger partial charge is 0.467 e. The van der Waals surface area contributed by atoms with Crippen molar-refractivity contribution < 1.29 is 14.3 Å². The zero-order valence-corrected chi connectivity index (χ0v) is 10.2. The minimum atomic E-state index is -0.470. The molecule has 0 saturated carbocycles. The standard InChI is InChI=1S/C11H12N4O3/c1-15-9(10(16)17-2)7(6-13-15)8-4-5-12-11(14-8)18-3/h4-6H,1-3H3. The monoisotopic (exact) mass is 248 g/mol. The van der Waals surface area contributed by atoms with Gasteiger partial charge in [-0.2, -0.15) is 10.1 Å². The molecular formula is C11H12N4O3. The minimum Gasteiger partial charge on any atom is -0.467 e. The molecule has 0 fully saturated rings. The van der Waals surface area contributed by atoms with E-state index < -0.39 is 5.97 Å². The van der Waals surface area contributed by atoms with Crippen molar-refractivity contribution in [1.29, 1.82) is 0 Å². The van der Waals surface area contributed by atoms with Crippen LogP contribution >= 0.6 is 0 Å². The Morgan fingerprint density at radius 2 is 2.17 bits per heavy atom. The van der Waals surface area contributed by atoms with E-state index in [1.54, 1.807) is 25.5 Å². The van der Waals surface area contributed by atoms with Crippen LogP contribution in [-0.4, -0.2) is 39.9 Å². The molecule has 2 aromatic heterocycles. The molecule has 2 heterocycles. The van der Waals surface area contributed by atoms with Crippen molar-refractivity contribution in [1.82, 2.24) is 19.7 Å². The van der Waals surface area contributed by atoms with E-state index in [2.05, 4.69) is 15.1 Å². The van der Waals surface area contributed by atoms with Crippen LogP contribution in [0.3, 0.4) is 0 Å². The molecule has 2 rings (SSSR count). The second-order valence-electron chi connectivity index (χ2n) is 3.45. The van der Waals surface area contributed by atoms with E-state index in [0.29, 0.717) is 17.0 Å². The Morgan fingerprint density at radius 1 is 1.39 bits per heavy atom. The lowest BCUT2D eigenvalue weighted by atomic mass is 10.2. The second kappa shape index (κ2) is 4.82. The average molecular weight is 248 g/mol. The maximum absolute atomic E-state index is 11.7. The summed E-state index contributed by atoms with van der Waals surface area (Å²) >= 11 is 0. The summed E-state index contributed by atoms with van der Waals surface area (Å²) in [6.45, 7) is 0. The molecule has 2 aromatic rings. The first-order valence-electron chi connectivity index (χ1n) is 5.15. The van der Waals surface area contributed by atoms with E-state index in [1.807, 2.05) is 0 Å². The molecule has 0 N–H and O–H groups in total. The molecule has 18 heavy (non-hydrogen) atoms. The topological polar surface area (TPSA) is 79.1 Å². The molecule has 0 bridgehead atoms. The third-order valence-electron chi connectivity index (χ3n) is 2.41. The first kappa shape index (κ1) is 12.0. The zero-order chi connectivity index (χ0) is 13.1. The van der Waals surface area contributed by atoms with Crippen LogP contribution in [-0.2, 0) is 11.8 Å². The van der Waals surface area contributed by atoms with Gasteiger partial charge in [-0.3, -0.25) is 4.68 Å². The van der Waals surface area contributed by atoms with Crippen LogP contribution in [0.15, 0.2) is 18.5 Å². The van der Waals surface area contributed by atoms with Crippen molar-refractivity contribution in [3.8, 4) is 17.3 Å². The Kier molecular flexibility index (Phi) is 3.22. The van der Waals surface area contributed by atoms with Gasteiger partial charge in [0, 0.05) is 13.2 Å². The molecule has 0 unspecified atom stereocenters. The van der Waals surface area contributed by atoms with Crippen LogP contribution in [0, 0.1) is 0 Å². The highest BCUT2D eigenvalue weighted by atomic mass is 16.5. The maximum Gasteiger partial charge on any atom is 0.357 e. The molecule has 0 spiro atoms. The van der Waals surface area contributed by atoms with Gasteiger partial charge in [0.25, 0.3) is 0 Å². The predicted molar refractivity (Wildman–Crippen MR) is 62.1 cm³/mol. The first-order chi connectivity index (χ1) is 8.67. The van der Waals surface area contributed by atoms with Crippen molar-refractivity contribution in [3.05, 3.63) is 24.2 Å². The number of carbonyl (C=O) groups excluding carboxylic acids is 1. The summed E-state index contributed by atoms with van der Waals surface area (Å²) in [7, 11) is 4.46. The minimum absolute atomic E-state index is 0.229. The fourth-order valence-electron chi connectivity index (χ4n) is 1.55. The summed E-state index contributed by atoms with van der Waals surface area (Å²) in [5, 5.41) is 4.03. The first-order valence-corrected chi connectivity index (χ1v) is 5.15. The van der Waals surface area contributed by atoms with Gasteiger partial charge in [0.2, 0.25) is 0 Å². The molecule has 0 aliphatic rings. The average Bonchev–Trinajstić information content (AvgIpc) is 2.80. The number of nitrogens with zero attached hydrogens (tertiary/aromatic N) is 4. The van der Waals surface area contributed by atoms with Gasteiger partial charge in [-0.15, -0.1) is 0 Å². The molecule has 0 saturated heterocycles. The molecule has 0 aliphatic carbocycles. The van der Waals surface area contributed by atoms with Crippen molar-refractivity contribution >= 4 is 5.97 Å². The van der Waals surface area contributed by atoms with Gasteiger partial charge in [0.1, 0.15) is 0 Å². The highest BCUT2D eigenvalue weighted by Crippen LogP contribution is 2.22. The van der Waals surface area contributed by atoms with Crippen LogP contribution in [0.2, 0.25) is 0 Å². The quantitative estimate of drug-likeness (QED) is 0.743. The van der Waals surface area contributed by atoms with E-state index in [0.717, 1.165) is 0 Å². The van der Waals surface area contributed by atoms with E-state index in [1.165, 1.54) is 18.9 Å². The van der Waals surface area contributed by atoms with Crippen molar-refractivity contribution in [2.45, 2.75) is 0 Å². The number of methoxy groups -OCH3 is 2. The number of aromatic nitrogens is 4. The van der Waals surface area contributed by atoms with Crippen molar-refractivity contribution in [2.75, 3.05) is 14.2 Å². The Balaban J connectivity index is 2.53. The molecule has 7 nitrogen and oxygen atoms in total. The third-order valence-corrected chi connectivity index (χ3v) is 2.41. The summed E-state index contributed by atoms with van der Waals surface area (Å²) in [5.74, 6) is -0.470. The molecule has 0 atom stereocenters. The molecule has 0 aromatic carbocycles. The molecule has 0 radical (unpaired) electrons. The van der Waals surface area contributed by atoms with Crippen LogP contribution < -0.4 is 4.74 Å². The van der Waals surface area contributed by atoms with Gasteiger partial charge in [-0.05, 0) is 6.07 Å². The summed E-state index contributed by atoms with van der Waals surface area (Å²) in [6.07, 6.45) is 3.10. The number of hydrogen-bond donors (Lipinski definition) is 0. The fraction of sp³-hybridized carbons (Fsp3) is 0.273. The van der Waals surface area contributed by atoms with Gasteiger partial charge < -0.3 is 9.47 Å². The van der Waals surface area contributed by atoms with Crippen LogP contribution in [0.4, 0.5) is 0 Å². The van der Waals surface area contributed by atoms with Crippen LogP contribution in [0.25, 0.3) is 11.3 Å². The number of carbonyl (C=O) groups is 1. The van der Waals surface area contributed by atoms with Crippen molar-refractivity contribution in [3.63, 3.8) is 0 Å². The molecule has 94 valence electrons. The number of esters is 1. The highest BCUT2D eigenvalue weighted by molar-refractivity contribution is 5.94. The van der Waals surface area contributed by atoms with E-state index in [-0.39, 0.29) is 6.01 Å². The lowest BCUT2D eigenvalue weighted by Crippen LogP contribution is -2.10. The maximum atomic E-state index is 11.7. The lowest BCUT2D eigenvalue weighted by molar-refractivity contribution is 0.0589. The summed E-state index contributed by atoms with van der Waals surface area (Å²) in [5.41, 5.74) is 1.46. The van der Waals surface area contributed by atoms with E-state index in [4.69, 9.17) is 9.47 Å². The van der Waals surface area contributed by atoms with Gasteiger partial charge in [-0.25, -0.2) is 9.78 Å². The number of hydrogen-bond acceptors (Lipinski definition) is 6. The summed E-state index contributed by atoms with van der Waals surface area (Å²) in [4.78, 5) is 19.8. The molecular weight excluding hydrogens is 236 g/mol. The summed E-state index contributed by atoms with van der Waals surface area (Å²) < 4.78 is 11.1. The summed E-state index contributed by atoms with van der Waals surface area (Å²) in [6, 6.07) is 1.90. The van der Waals surface area contributed by atoms with Crippen LogP contribution in [0.5, 0.6) is 6.01 Å². The van der Waals surface area contributed by atoms with E-state index >= 15 is 0 Å². The van der Waals surface area contributed by atoms with Gasteiger partial charge in [0.15, 0.2) is 5.69 Å². The second-order valence-corrected chi connectivity index (χ2v) is 3.45. The van der Waals surface area contributed by atoms with Crippen LogP contribution in [0.1, 0.15) is 10.5 Å². The number of ether oxygens (including phenoxy) is 2. The molecule has 7 heteroatoms. The predicted octanol–water partition coefficient (Wildman–Crippen LogP) is 0.672. The Labute approximate surface area is 103 Å². The third kappa shape index (κ3) is 2.02. The van der Waals surface area contributed by atoms with Gasteiger partial charge in [0.05, 0.1) is 31.7 Å². The number of rotatable bonds is 3. The Hall–Kier alpha value is -2.44. The zero-order valence-electron chi connectivity index (χ0n) is 10.2. The molecule has 0 amide bonds. The SMILES string of the molecule is COC(=O)c1c(-c2ccnc(OC)n2)cnn1C. The number of aryl methyl sites for hydroxylation is 1. The molecule has 0 aliphatic heterocycles.